The van der Waals surface area contributed by atoms with Crippen LogP contribution in [0.1, 0.15) is 33.3 Å². The highest BCUT2D eigenvalue weighted by molar-refractivity contribution is 9.10. The summed E-state index contributed by atoms with van der Waals surface area (Å²) in [5.74, 6) is -0.0221. The zero-order valence-corrected chi connectivity index (χ0v) is 27.5. The van der Waals surface area contributed by atoms with Crippen molar-refractivity contribution in [3.05, 3.63) is 87.3 Å². The highest BCUT2D eigenvalue weighted by Gasteiger charge is 2.32. The van der Waals surface area contributed by atoms with Gasteiger partial charge in [0.05, 0.1) is 17.2 Å². The third kappa shape index (κ3) is 9.05. The molecule has 2 amide bonds. The monoisotopic (exact) mass is 707 g/mol. The summed E-state index contributed by atoms with van der Waals surface area (Å²) in [6, 6.07) is 19.3. The molecule has 220 valence electrons. The van der Waals surface area contributed by atoms with Gasteiger partial charge in [0.1, 0.15) is 18.3 Å². The predicted octanol–water partition coefficient (Wildman–Crippen LogP) is 6.00. The molecule has 1 atom stereocenters. The van der Waals surface area contributed by atoms with Crippen molar-refractivity contribution in [2.75, 3.05) is 24.0 Å². The molecular weight excluding hydrogens is 674 g/mol. The van der Waals surface area contributed by atoms with E-state index in [-0.39, 0.29) is 23.3 Å². The minimum atomic E-state index is -4.15. The number of benzene rings is 3. The second-order valence-electron chi connectivity index (χ2n) is 9.86. The topological polar surface area (TPSA) is 96.0 Å². The maximum absolute atomic E-state index is 14.0. The molecule has 0 bridgehead atoms. The molecule has 3 rings (SSSR count). The first-order valence-electron chi connectivity index (χ1n) is 13.2. The van der Waals surface area contributed by atoms with E-state index in [1.807, 2.05) is 45.0 Å². The van der Waals surface area contributed by atoms with Gasteiger partial charge in [0.25, 0.3) is 10.0 Å². The van der Waals surface area contributed by atoms with Gasteiger partial charge in [0.15, 0.2) is 0 Å². The van der Waals surface area contributed by atoms with Crippen molar-refractivity contribution >= 4 is 59.4 Å². The van der Waals surface area contributed by atoms with Crippen LogP contribution in [0, 0.1) is 5.92 Å². The molecule has 0 radical (unpaired) electrons. The van der Waals surface area contributed by atoms with Crippen LogP contribution in [-0.4, -0.2) is 50.9 Å². The van der Waals surface area contributed by atoms with E-state index in [0.29, 0.717) is 24.6 Å². The molecule has 0 fully saturated rings. The summed E-state index contributed by atoms with van der Waals surface area (Å²) in [6.45, 7) is 8.00. The number of hydrogen-bond donors (Lipinski definition) is 1. The van der Waals surface area contributed by atoms with Gasteiger partial charge < -0.3 is 15.0 Å². The summed E-state index contributed by atoms with van der Waals surface area (Å²) in [6.07, 6.45) is 0. The average molecular weight is 710 g/mol. The number of ether oxygens (including phenoxy) is 1. The van der Waals surface area contributed by atoms with Crippen molar-refractivity contribution in [3.63, 3.8) is 0 Å². The summed E-state index contributed by atoms with van der Waals surface area (Å²) in [5.41, 5.74) is 1.10. The molecular formula is C30H35Br2N3O5S. The minimum Gasteiger partial charge on any atom is -0.494 e. The van der Waals surface area contributed by atoms with Gasteiger partial charge in [-0.3, -0.25) is 13.9 Å². The van der Waals surface area contributed by atoms with Crippen molar-refractivity contribution in [2.45, 2.75) is 45.2 Å². The Morgan fingerprint density at radius 2 is 1.44 bits per heavy atom. The molecule has 0 heterocycles. The van der Waals surface area contributed by atoms with Crippen LogP contribution in [0.5, 0.6) is 5.75 Å². The highest BCUT2D eigenvalue weighted by atomic mass is 79.9. The lowest BCUT2D eigenvalue weighted by Gasteiger charge is -2.32. The lowest BCUT2D eigenvalue weighted by molar-refractivity contribution is -0.139. The zero-order chi connectivity index (χ0) is 30.2. The maximum atomic E-state index is 14.0. The van der Waals surface area contributed by atoms with Crippen LogP contribution in [-0.2, 0) is 26.2 Å². The highest BCUT2D eigenvalue weighted by Crippen LogP contribution is 2.27. The minimum absolute atomic E-state index is 0.0320. The normalized spacial score (nSPS) is 12.1. The SMILES string of the molecule is CCOc1ccc(N(CC(=O)N(Cc2ccc(Br)cc2)[C@H](C)C(=O)NCC(C)C)S(=O)(=O)c2ccc(Br)cc2)cc1. The van der Waals surface area contributed by atoms with Crippen molar-refractivity contribution in [1.82, 2.24) is 10.2 Å². The van der Waals surface area contributed by atoms with Crippen LogP contribution >= 0.6 is 31.9 Å². The second-order valence-corrected chi connectivity index (χ2v) is 13.5. The fraction of sp³-hybridized carbons (Fsp3) is 0.333. The van der Waals surface area contributed by atoms with Gasteiger partial charge in [0.2, 0.25) is 11.8 Å². The molecule has 8 nitrogen and oxygen atoms in total. The quantitative estimate of drug-likeness (QED) is 0.235. The maximum Gasteiger partial charge on any atom is 0.264 e. The number of halogens is 2. The summed E-state index contributed by atoms with van der Waals surface area (Å²) < 4.78 is 36.0. The number of anilines is 1. The summed E-state index contributed by atoms with van der Waals surface area (Å²) in [7, 11) is -4.15. The third-order valence-corrected chi connectivity index (χ3v) is 9.08. The molecule has 0 aliphatic heterocycles. The van der Waals surface area contributed by atoms with E-state index in [1.54, 1.807) is 43.3 Å². The first kappa shape index (κ1) is 32.6. The number of nitrogens with zero attached hydrogens (tertiary/aromatic N) is 2. The Morgan fingerprint density at radius 3 is 1.98 bits per heavy atom. The Kier molecular flexibility index (Phi) is 11.8. The van der Waals surface area contributed by atoms with Gasteiger partial charge >= 0.3 is 0 Å². The Balaban J connectivity index is 2.01. The lowest BCUT2D eigenvalue weighted by atomic mass is 10.1. The van der Waals surface area contributed by atoms with Crippen LogP contribution < -0.4 is 14.4 Å². The van der Waals surface area contributed by atoms with Crippen molar-refractivity contribution in [3.8, 4) is 5.75 Å². The third-order valence-electron chi connectivity index (χ3n) is 6.23. The molecule has 0 saturated heterocycles. The van der Waals surface area contributed by atoms with E-state index in [4.69, 9.17) is 4.74 Å². The van der Waals surface area contributed by atoms with Gasteiger partial charge in [-0.25, -0.2) is 8.42 Å². The molecule has 0 unspecified atom stereocenters. The van der Waals surface area contributed by atoms with E-state index in [9.17, 15) is 18.0 Å². The zero-order valence-electron chi connectivity index (χ0n) is 23.5. The Bertz CT molecular complexity index is 1410. The molecule has 0 aliphatic rings. The van der Waals surface area contributed by atoms with Crippen molar-refractivity contribution in [2.24, 2.45) is 5.92 Å². The molecule has 3 aromatic carbocycles. The van der Waals surface area contributed by atoms with Gasteiger partial charge in [-0.1, -0.05) is 57.8 Å². The number of nitrogens with one attached hydrogen (secondary N) is 1. The van der Waals surface area contributed by atoms with Crippen molar-refractivity contribution in [1.29, 1.82) is 0 Å². The largest absolute Gasteiger partial charge is 0.494 e. The number of rotatable bonds is 13. The Hall–Kier alpha value is -2.89. The standard InChI is InChI=1S/C30H35Br2N3O5S/c1-5-40-27-14-12-26(13-15-27)35(41(38,39)28-16-10-25(32)11-17-28)20-29(36)34(19-23-6-8-24(31)9-7-23)22(4)30(37)33-18-21(2)3/h6-17,21-22H,5,18-20H2,1-4H3,(H,33,37)/t22-/m1/s1. The van der Waals surface area contributed by atoms with Gasteiger partial charge in [-0.2, -0.15) is 0 Å². The summed E-state index contributed by atoms with van der Waals surface area (Å²) in [4.78, 5) is 28.5. The van der Waals surface area contributed by atoms with Gasteiger partial charge in [-0.15, -0.1) is 0 Å². The molecule has 0 saturated carbocycles. The fourth-order valence-electron chi connectivity index (χ4n) is 3.96. The van der Waals surface area contributed by atoms with Crippen molar-refractivity contribution < 1.29 is 22.7 Å². The van der Waals surface area contributed by atoms with E-state index < -0.39 is 28.5 Å². The molecule has 3 aromatic rings. The van der Waals surface area contributed by atoms with E-state index >= 15 is 0 Å². The molecule has 0 aliphatic carbocycles. The van der Waals surface area contributed by atoms with Gasteiger partial charge in [-0.05, 0) is 86.0 Å². The molecule has 41 heavy (non-hydrogen) atoms. The fourth-order valence-corrected chi connectivity index (χ4v) is 5.90. The Labute approximate surface area is 259 Å². The van der Waals surface area contributed by atoms with Gasteiger partial charge in [0, 0.05) is 22.0 Å². The van der Waals surface area contributed by atoms with E-state index in [0.717, 1.165) is 18.8 Å². The van der Waals surface area contributed by atoms with Crippen LogP contribution in [0.4, 0.5) is 5.69 Å². The average Bonchev–Trinajstić information content (AvgIpc) is 2.94. The van der Waals surface area contributed by atoms with Crippen LogP contribution in [0.2, 0.25) is 0 Å². The first-order valence-corrected chi connectivity index (χ1v) is 16.3. The summed E-state index contributed by atoms with van der Waals surface area (Å²) in [5, 5.41) is 2.89. The van der Waals surface area contributed by atoms with Crippen LogP contribution in [0.15, 0.2) is 86.6 Å². The summed E-state index contributed by atoms with van der Waals surface area (Å²) >= 11 is 6.76. The second kappa shape index (κ2) is 14.8. The van der Waals surface area contributed by atoms with E-state index in [2.05, 4.69) is 37.2 Å². The molecule has 0 aromatic heterocycles. The Morgan fingerprint density at radius 1 is 0.878 bits per heavy atom. The number of carbonyl (C=O) groups is 2. The first-order chi connectivity index (χ1) is 19.4. The molecule has 1 N–H and O–H groups in total. The number of carbonyl (C=O) groups excluding carboxylic acids is 2. The van der Waals surface area contributed by atoms with E-state index in [1.165, 1.54) is 17.0 Å². The predicted molar refractivity (Wildman–Crippen MR) is 168 cm³/mol. The lowest BCUT2D eigenvalue weighted by Crippen LogP contribution is -2.51. The number of hydrogen-bond acceptors (Lipinski definition) is 5. The van der Waals surface area contributed by atoms with Crippen LogP contribution in [0.25, 0.3) is 0 Å². The molecule has 0 spiro atoms. The number of amides is 2. The molecule has 11 heteroatoms. The number of sulfonamides is 1. The smallest absolute Gasteiger partial charge is 0.264 e. The van der Waals surface area contributed by atoms with Crippen LogP contribution in [0.3, 0.4) is 0 Å².